The predicted octanol–water partition coefficient (Wildman–Crippen LogP) is 11.8. The Morgan fingerprint density at radius 3 is 1.00 bits per heavy atom. The fourth-order valence-corrected chi connectivity index (χ4v) is 6.11. The van der Waals surface area contributed by atoms with Crippen molar-refractivity contribution in [2.75, 3.05) is 0 Å². The highest BCUT2D eigenvalue weighted by Crippen LogP contribution is 2.44. The zero-order chi connectivity index (χ0) is 30.7. The molecule has 0 nitrogen and oxygen atoms in total. The summed E-state index contributed by atoms with van der Waals surface area (Å²) in [6, 6.07) is 10.3. The van der Waals surface area contributed by atoms with Gasteiger partial charge in [0.25, 0.3) is 0 Å². The molecular weight excluding hydrogens is 468 g/mol. The van der Waals surface area contributed by atoms with Crippen LogP contribution >= 0.6 is 0 Å². The van der Waals surface area contributed by atoms with Gasteiger partial charge in [-0.25, -0.2) is 0 Å². The van der Waals surface area contributed by atoms with Crippen molar-refractivity contribution in [3.05, 3.63) is 68.8 Å². The van der Waals surface area contributed by atoms with E-state index in [4.69, 9.17) is 0 Å². The minimum Gasteiger partial charge on any atom is -0.0581 e. The van der Waals surface area contributed by atoms with E-state index in [-0.39, 0.29) is 32.5 Å². The normalized spacial score (nSPS) is 15.1. The fourth-order valence-electron chi connectivity index (χ4n) is 6.11. The molecule has 0 fully saturated rings. The summed E-state index contributed by atoms with van der Waals surface area (Å²) in [5, 5.41) is 0. The molecule has 0 saturated heterocycles. The van der Waals surface area contributed by atoms with Gasteiger partial charge < -0.3 is 0 Å². The maximum absolute atomic E-state index is 2.59. The Labute approximate surface area is 244 Å². The van der Waals surface area contributed by atoms with Crippen LogP contribution in [0, 0.1) is 0 Å². The van der Waals surface area contributed by atoms with Crippen LogP contribution in [0.15, 0.2) is 24.3 Å². The monoisotopic (exact) mass is 533 g/mol. The van der Waals surface area contributed by atoms with Gasteiger partial charge in [0, 0.05) is 0 Å². The van der Waals surface area contributed by atoms with E-state index in [2.05, 4.69) is 156 Å². The number of hydrogen-bond acceptors (Lipinski definition) is 0. The lowest BCUT2D eigenvalue weighted by atomic mass is 9.68. The molecule has 220 valence electrons. The molecule has 0 heterocycles. The largest absolute Gasteiger partial charge is 0.0581 e. The first-order valence-corrected chi connectivity index (χ1v) is 15.4. The maximum atomic E-state index is 2.59. The molecule has 39 heavy (non-hydrogen) atoms. The predicted molar refractivity (Wildman–Crippen MR) is 177 cm³/mol. The third-order valence-electron chi connectivity index (χ3n) is 8.34. The van der Waals surface area contributed by atoms with Crippen molar-refractivity contribution in [1.29, 1.82) is 0 Å². The van der Waals surface area contributed by atoms with E-state index >= 15 is 0 Å². The van der Waals surface area contributed by atoms with Crippen LogP contribution in [-0.4, -0.2) is 0 Å². The smallest absolute Gasteiger partial charge is 0.0129 e. The van der Waals surface area contributed by atoms with E-state index < -0.39 is 0 Å². The van der Waals surface area contributed by atoms with Crippen LogP contribution in [0.3, 0.4) is 0 Å². The molecule has 0 spiro atoms. The van der Waals surface area contributed by atoms with Gasteiger partial charge in [0.2, 0.25) is 0 Å². The first-order chi connectivity index (χ1) is 17.1. The quantitative estimate of drug-likeness (QED) is 0.369. The summed E-state index contributed by atoms with van der Waals surface area (Å²) in [6.07, 6.45) is 1.06. The molecule has 2 aromatic carbocycles. The van der Waals surface area contributed by atoms with Crippen molar-refractivity contribution in [1.82, 2.24) is 0 Å². The molecule has 1 unspecified atom stereocenters. The van der Waals surface area contributed by atoms with E-state index in [9.17, 15) is 0 Å². The van der Waals surface area contributed by atoms with Gasteiger partial charge in [-0.2, -0.15) is 0 Å². The van der Waals surface area contributed by atoms with Gasteiger partial charge >= 0.3 is 0 Å². The second-order valence-corrected chi connectivity index (χ2v) is 18.6. The first kappa shape index (κ1) is 33.6. The minimum absolute atomic E-state index is 0.0829. The van der Waals surface area contributed by atoms with Crippen LogP contribution in [-0.2, 0) is 38.9 Å². The maximum Gasteiger partial charge on any atom is -0.0129 e. The second-order valence-electron chi connectivity index (χ2n) is 18.6. The molecule has 0 amide bonds. The summed E-state index contributed by atoms with van der Waals surface area (Å²) in [7, 11) is 0. The zero-order valence-corrected chi connectivity index (χ0v) is 29.6. The summed E-state index contributed by atoms with van der Waals surface area (Å²) in [6.45, 7) is 45.2. The van der Waals surface area contributed by atoms with Crippen molar-refractivity contribution < 1.29 is 0 Å². The highest BCUT2D eigenvalue weighted by Gasteiger charge is 2.33. The molecule has 0 aliphatic heterocycles. The van der Waals surface area contributed by atoms with Crippen LogP contribution in [0.5, 0.6) is 0 Å². The number of rotatable bonds is 3. The SMILES string of the molecule is CC(Cc1cc(C(C)(C)C)c(C(C)(C)C)cc1C(C)(C)C)c1cc(C(C)(C)C)c(C(C)(C)C)cc1C(C)(C)C. The highest BCUT2D eigenvalue weighted by molar-refractivity contribution is 5.51. The zero-order valence-electron chi connectivity index (χ0n) is 29.6. The molecule has 0 radical (unpaired) electrons. The highest BCUT2D eigenvalue weighted by atomic mass is 14.4. The van der Waals surface area contributed by atoms with Crippen LogP contribution in [0.1, 0.15) is 182 Å². The third-order valence-corrected chi connectivity index (χ3v) is 8.34. The molecule has 0 heteroatoms. The summed E-state index contributed by atoms with van der Waals surface area (Å²) in [5.74, 6) is 0.420. The van der Waals surface area contributed by atoms with Gasteiger partial charge in [0.15, 0.2) is 0 Å². The lowest BCUT2D eigenvalue weighted by Crippen LogP contribution is -2.27. The summed E-state index contributed by atoms with van der Waals surface area (Å²) in [5.41, 5.74) is 12.6. The molecule has 0 saturated carbocycles. The standard InChI is InChI=1S/C39H64/c1-25(27-22-31(37(11,12)13)33(39(17,18)19)24-29(27)35(5,6)7)20-26-21-30(36(8,9)10)32(38(14,15)16)23-28(26)34(2,3)4/h21-25H,20H2,1-19H3. The third kappa shape index (κ3) is 7.80. The average Bonchev–Trinajstić information content (AvgIpc) is 2.68. The Kier molecular flexibility index (Phi) is 8.94. The fraction of sp³-hybridized carbons (Fsp3) is 0.692. The van der Waals surface area contributed by atoms with Crippen LogP contribution < -0.4 is 0 Å². The summed E-state index contributed by atoms with van der Waals surface area (Å²) in [4.78, 5) is 0. The summed E-state index contributed by atoms with van der Waals surface area (Å²) < 4.78 is 0. The van der Waals surface area contributed by atoms with Gasteiger partial charge in [-0.3, -0.25) is 0 Å². The molecule has 0 bridgehead atoms. The first-order valence-electron chi connectivity index (χ1n) is 15.4. The molecule has 0 aromatic heterocycles. The second kappa shape index (κ2) is 10.4. The van der Waals surface area contributed by atoms with E-state index in [1.54, 1.807) is 0 Å². The van der Waals surface area contributed by atoms with Gasteiger partial charge in [-0.15, -0.1) is 0 Å². The molecule has 0 aliphatic carbocycles. The Balaban J connectivity index is 2.90. The Bertz CT molecular complexity index is 1160. The summed E-state index contributed by atoms with van der Waals surface area (Å²) >= 11 is 0. The van der Waals surface area contributed by atoms with E-state index in [0.717, 1.165) is 6.42 Å². The van der Waals surface area contributed by atoms with Crippen LogP contribution in [0.4, 0.5) is 0 Å². The van der Waals surface area contributed by atoms with Gasteiger partial charge in [-0.05, 0) is 89.3 Å². The number of hydrogen-bond donors (Lipinski definition) is 0. The lowest BCUT2D eigenvalue weighted by Gasteiger charge is -2.37. The molecule has 0 aliphatic rings. The number of benzene rings is 2. The van der Waals surface area contributed by atoms with Crippen molar-refractivity contribution in [3.63, 3.8) is 0 Å². The molecule has 2 aromatic rings. The van der Waals surface area contributed by atoms with Crippen LogP contribution in [0.2, 0.25) is 0 Å². The van der Waals surface area contributed by atoms with Gasteiger partial charge in [-0.1, -0.05) is 156 Å². The van der Waals surface area contributed by atoms with Gasteiger partial charge in [0.05, 0.1) is 0 Å². The van der Waals surface area contributed by atoms with Crippen molar-refractivity contribution in [2.45, 2.75) is 176 Å². The Morgan fingerprint density at radius 1 is 0.385 bits per heavy atom. The molecule has 0 N–H and O–H groups in total. The molecule has 2 rings (SSSR count). The van der Waals surface area contributed by atoms with Crippen LogP contribution in [0.25, 0.3) is 0 Å². The lowest BCUT2D eigenvalue weighted by molar-refractivity contribution is 0.513. The topological polar surface area (TPSA) is 0 Å². The van der Waals surface area contributed by atoms with Crippen molar-refractivity contribution in [3.8, 4) is 0 Å². The van der Waals surface area contributed by atoms with E-state index in [1.807, 2.05) is 0 Å². The van der Waals surface area contributed by atoms with Crippen molar-refractivity contribution in [2.24, 2.45) is 0 Å². The van der Waals surface area contributed by atoms with E-state index in [0.29, 0.717) is 5.92 Å². The average molecular weight is 533 g/mol. The van der Waals surface area contributed by atoms with Gasteiger partial charge in [0.1, 0.15) is 0 Å². The molecule has 1 atom stereocenters. The van der Waals surface area contributed by atoms with Crippen molar-refractivity contribution >= 4 is 0 Å². The Hall–Kier alpha value is -1.56. The van der Waals surface area contributed by atoms with E-state index in [1.165, 1.54) is 44.5 Å². The molecular formula is C39H64. The minimum atomic E-state index is 0.0829. The Morgan fingerprint density at radius 2 is 0.667 bits per heavy atom.